The van der Waals surface area contributed by atoms with Gasteiger partial charge in [0.25, 0.3) is 0 Å². The van der Waals surface area contributed by atoms with Crippen molar-refractivity contribution in [2.24, 2.45) is 0 Å². The molecule has 0 atom stereocenters. The molecule has 10 heteroatoms. The molecule has 174 valence electrons. The molecule has 1 aliphatic heterocycles. The zero-order valence-corrected chi connectivity index (χ0v) is 18.7. The summed E-state index contributed by atoms with van der Waals surface area (Å²) in [6.45, 7) is 2.20. The van der Waals surface area contributed by atoms with E-state index in [1.165, 1.54) is 16.7 Å². The summed E-state index contributed by atoms with van der Waals surface area (Å²) in [4.78, 5) is 14.6. The lowest BCUT2D eigenvalue weighted by Crippen LogP contribution is -2.34. The molecule has 0 radical (unpaired) electrons. The van der Waals surface area contributed by atoms with Crippen molar-refractivity contribution in [2.45, 2.75) is 68.9 Å². The third-order valence-corrected chi connectivity index (χ3v) is 6.95. The number of nitrogens with zero attached hydrogens (tertiary/aromatic N) is 4. The summed E-state index contributed by atoms with van der Waals surface area (Å²) in [6, 6.07) is 5.66. The molecule has 1 N–H and O–H groups in total. The van der Waals surface area contributed by atoms with Crippen LogP contribution in [0.2, 0.25) is 0 Å². The van der Waals surface area contributed by atoms with Gasteiger partial charge in [0, 0.05) is 6.04 Å². The number of amides is 1. The lowest BCUT2D eigenvalue weighted by atomic mass is 10.1. The highest BCUT2D eigenvalue weighted by Crippen LogP contribution is 2.36. The Morgan fingerprint density at radius 3 is 2.50 bits per heavy atom. The van der Waals surface area contributed by atoms with Gasteiger partial charge in [-0.3, -0.25) is 14.3 Å². The van der Waals surface area contributed by atoms with Gasteiger partial charge in [0.2, 0.25) is 5.91 Å². The molecule has 2 aromatic rings. The number of rotatable bonds is 7. The topological polar surface area (TPSA) is 63.1 Å². The molecule has 2 fully saturated rings. The Morgan fingerprint density at radius 2 is 1.78 bits per heavy atom. The molecule has 0 unspecified atom stereocenters. The molecular weight excluding hydrogens is 439 g/mol. The number of thioether (sulfide) groups is 1. The van der Waals surface area contributed by atoms with Gasteiger partial charge >= 0.3 is 6.18 Å². The molecule has 1 aromatic heterocycles. The molecule has 4 rings (SSSR count). The largest absolute Gasteiger partial charge is 0.418 e. The molecule has 0 spiro atoms. The highest BCUT2D eigenvalue weighted by molar-refractivity contribution is 7.99. The van der Waals surface area contributed by atoms with Crippen molar-refractivity contribution in [1.29, 1.82) is 0 Å². The average molecular weight is 468 g/mol. The first kappa shape index (κ1) is 23.1. The van der Waals surface area contributed by atoms with Crippen molar-refractivity contribution in [3.8, 4) is 5.69 Å². The van der Waals surface area contributed by atoms with Gasteiger partial charge in [-0.2, -0.15) is 13.2 Å². The minimum absolute atomic E-state index is 0.00397. The SMILES string of the molecule is O=C(CSc1nnc(CN2CCCCC2)n1-c1ccccc1C(F)(F)F)NC1CCCC1. The maximum absolute atomic E-state index is 13.8. The van der Waals surface area contributed by atoms with Crippen LogP contribution < -0.4 is 5.32 Å². The molecule has 1 saturated heterocycles. The third kappa shape index (κ3) is 5.64. The zero-order valence-electron chi connectivity index (χ0n) is 17.9. The van der Waals surface area contributed by atoms with E-state index in [1.807, 2.05) is 0 Å². The maximum Gasteiger partial charge on any atom is 0.418 e. The van der Waals surface area contributed by atoms with Crippen LogP contribution in [0.15, 0.2) is 29.4 Å². The van der Waals surface area contributed by atoms with Crippen LogP contribution in [-0.4, -0.2) is 50.5 Å². The number of alkyl halides is 3. The molecule has 1 amide bonds. The lowest BCUT2D eigenvalue weighted by Gasteiger charge is -2.26. The number of hydrogen-bond acceptors (Lipinski definition) is 5. The molecular formula is C22H28F3N5OS. The summed E-state index contributed by atoms with van der Waals surface area (Å²) in [5.41, 5.74) is -0.743. The number of aromatic nitrogens is 3. The fourth-order valence-corrected chi connectivity index (χ4v) is 5.21. The summed E-state index contributed by atoms with van der Waals surface area (Å²) in [7, 11) is 0. The second-order valence-corrected chi connectivity index (χ2v) is 9.37. The van der Waals surface area contributed by atoms with Crippen molar-refractivity contribution in [2.75, 3.05) is 18.8 Å². The maximum atomic E-state index is 13.8. The highest BCUT2D eigenvalue weighted by atomic mass is 32.2. The van der Waals surface area contributed by atoms with Crippen LogP contribution in [0.25, 0.3) is 5.69 Å². The molecule has 6 nitrogen and oxygen atoms in total. The number of piperidine rings is 1. The minimum Gasteiger partial charge on any atom is -0.353 e. The summed E-state index contributed by atoms with van der Waals surface area (Å²) < 4.78 is 42.8. The number of benzene rings is 1. The lowest BCUT2D eigenvalue weighted by molar-refractivity contribution is -0.137. The molecule has 32 heavy (non-hydrogen) atoms. The smallest absolute Gasteiger partial charge is 0.353 e. The summed E-state index contributed by atoms with van der Waals surface area (Å²) in [5.74, 6) is 0.424. The second kappa shape index (κ2) is 10.2. The molecule has 0 bridgehead atoms. The van der Waals surface area contributed by atoms with Crippen molar-refractivity contribution in [3.63, 3.8) is 0 Å². The van der Waals surface area contributed by atoms with E-state index < -0.39 is 11.7 Å². The zero-order chi connectivity index (χ0) is 22.6. The van der Waals surface area contributed by atoms with E-state index in [0.29, 0.717) is 17.5 Å². The fraction of sp³-hybridized carbons (Fsp3) is 0.591. The standard InChI is InChI=1S/C22H28F3N5OS/c23-22(24,25)17-10-4-5-11-18(17)30-19(14-29-12-6-1-7-13-29)27-28-21(30)32-15-20(31)26-16-8-2-3-9-16/h4-5,10-11,16H,1-3,6-9,12-15H2,(H,26,31). The first-order valence-corrected chi connectivity index (χ1v) is 12.2. The first-order valence-electron chi connectivity index (χ1n) is 11.2. The number of carbonyl (C=O) groups excluding carboxylic acids is 1. The van der Waals surface area contributed by atoms with Crippen LogP contribution in [0.5, 0.6) is 0 Å². The van der Waals surface area contributed by atoms with E-state index >= 15 is 0 Å². The van der Waals surface area contributed by atoms with Gasteiger partial charge in [-0.1, -0.05) is 43.2 Å². The van der Waals surface area contributed by atoms with Gasteiger partial charge in [0.15, 0.2) is 11.0 Å². The molecule has 1 aliphatic carbocycles. The monoisotopic (exact) mass is 467 g/mol. The Bertz CT molecular complexity index is 921. The van der Waals surface area contributed by atoms with Crippen molar-refractivity contribution in [3.05, 3.63) is 35.7 Å². The van der Waals surface area contributed by atoms with Gasteiger partial charge in [0.1, 0.15) is 0 Å². The van der Waals surface area contributed by atoms with Gasteiger partial charge in [-0.25, -0.2) is 0 Å². The van der Waals surface area contributed by atoms with Crippen molar-refractivity contribution < 1.29 is 18.0 Å². The van der Waals surface area contributed by atoms with Gasteiger partial charge in [-0.05, 0) is 50.9 Å². The molecule has 2 heterocycles. The first-order chi connectivity index (χ1) is 15.4. The van der Waals surface area contributed by atoms with E-state index in [4.69, 9.17) is 0 Å². The molecule has 2 aliphatic rings. The highest BCUT2D eigenvalue weighted by Gasteiger charge is 2.35. The van der Waals surface area contributed by atoms with Crippen LogP contribution in [0.3, 0.4) is 0 Å². The number of carbonyl (C=O) groups is 1. The predicted octanol–water partition coefficient (Wildman–Crippen LogP) is 4.42. The Labute approximate surface area is 190 Å². The fourth-order valence-electron chi connectivity index (χ4n) is 4.43. The van der Waals surface area contributed by atoms with E-state index in [1.54, 1.807) is 6.07 Å². The Balaban J connectivity index is 1.59. The third-order valence-electron chi connectivity index (χ3n) is 6.02. The van der Waals surface area contributed by atoms with Gasteiger partial charge in [0.05, 0.1) is 23.5 Å². The number of likely N-dealkylation sites (tertiary alicyclic amines) is 1. The Morgan fingerprint density at radius 1 is 1.06 bits per heavy atom. The van der Waals surface area contributed by atoms with Crippen molar-refractivity contribution in [1.82, 2.24) is 25.0 Å². The van der Waals surface area contributed by atoms with Crippen LogP contribution in [0, 0.1) is 0 Å². The van der Waals surface area contributed by atoms with Gasteiger partial charge in [-0.15, -0.1) is 10.2 Å². The van der Waals surface area contributed by atoms with Crippen molar-refractivity contribution >= 4 is 17.7 Å². The Kier molecular flexibility index (Phi) is 7.40. The minimum atomic E-state index is -4.51. The van der Waals surface area contributed by atoms with Crippen LogP contribution in [0.4, 0.5) is 13.2 Å². The quantitative estimate of drug-likeness (QED) is 0.611. The second-order valence-electron chi connectivity index (χ2n) is 8.42. The van der Waals surface area contributed by atoms with E-state index in [9.17, 15) is 18.0 Å². The predicted molar refractivity (Wildman–Crippen MR) is 117 cm³/mol. The van der Waals surface area contributed by atoms with Gasteiger partial charge < -0.3 is 5.32 Å². The van der Waals surface area contributed by atoms with E-state index in [0.717, 1.165) is 75.9 Å². The number of halogens is 3. The molecule has 1 aromatic carbocycles. The number of hydrogen-bond donors (Lipinski definition) is 1. The van der Waals surface area contributed by atoms with Crippen LogP contribution in [0.1, 0.15) is 56.3 Å². The van der Waals surface area contributed by atoms with E-state index in [2.05, 4.69) is 20.4 Å². The summed E-state index contributed by atoms with van der Waals surface area (Å²) in [6.07, 6.45) is 2.97. The summed E-state index contributed by atoms with van der Waals surface area (Å²) in [5, 5.41) is 11.7. The van der Waals surface area contributed by atoms with Crippen LogP contribution >= 0.6 is 11.8 Å². The number of para-hydroxylation sites is 1. The normalized spacial score (nSPS) is 18.2. The van der Waals surface area contributed by atoms with Crippen LogP contribution in [-0.2, 0) is 17.5 Å². The number of nitrogens with one attached hydrogen (secondary N) is 1. The van der Waals surface area contributed by atoms with E-state index in [-0.39, 0.29) is 23.4 Å². The summed E-state index contributed by atoms with van der Waals surface area (Å²) >= 11 is 1.13. The average Bonchev–Trinajstić information content (AvgIpc) is 3.42. The Hall–Kier alpha value is -2.07. The molecule has 1 saturated carbocycles.